The first kappa shape index (κ1) is 15.9. The van der Waals surface area contributed by atoms with Crippen LogP contribution < -0.4 is 5.32 Å². The van der Waals surface area contributed by atoms with E-state index in [1.165, 1.54) is 41.1 Å². The van der Waals surface area contributed by atoms with E-state index in [1.807, 2.05) is 22.9 Å². The molecule has 118 valence electrons. The molecule has 0 unspecified atom stereocenters. The average molecular weight is 342 g/mol. The summed E-state index contributed by atoms with van der Waals surface area (Å²) >= 11 is 2.88. The Balaban J connectivity index is 1.68. The lowest BCUT2D eigenvalue weighted by molar-refractivity contribution is 0.103. The molecule has 5 heteroatoms. The second-order valence-electron chi connectivity index (χ2n) is 5.27. The molecule has 0 fully saturated rings. The summed E-state index contributed by atoms with van der Waals surface area (Å²) < 4.78 is 0. The van der Waals surface area contributed by atoms with E-state index in [2.05, 4.69) is 41.5 Å². The molecule has 0 aliphatic heterocycles. The van der Waals surface area contributed by atoms with Gasteiger partial charge in [0.2, 0.25) is 0 Å². The third kappa shape index (κ3) is 4.06. The molecule has 0 atom stereocenters. The highest BCUT2D eigenvalue weighted by molar-refractivity contribution is 7.14. The fourth-order valence-corrected chi connectivity index (χ4v) is 3.59. The molecule has 1 N–H and O–H groups in total. The summed E-state index contributed by atoms with van der Waals surface area (Å²) in [5, 5.41) is 7.35. The standard InChI is InChI=1S/C18H18N2OS2/c1-2-3-5-13-7-9-14(10-8-13)15-12-23-18(19-15)20-17(21)16-6-4-11-22-16/h4,6-12H,2-3,5H2,1H3,(H,19,20,21). The van der Waals surface area contributed by atoms with Crippen LogP contribution in [0.25, 0.3) is 11.3 Å². The number of carbonyl (C=O) groups excluding carboxylic acids is 1. The van der Waals surface area contributed by atoms with E-state index in [0.29, 0.717) is 10.0 Å². The van der Waals surface area contributed by atoms with Gasteiger partial charge in [-0.15, -0.1) is 22.7 Å². The smallest absolute Gasteiger partial charge is 0.267 e. The number of thiophene rings is 1. The lowest BCUT2D eigenvalue weighted by Gasteiger charge is -2.02. The zero-order valence-electron chi connectivity index (χ0n) is 12.9. The van der Waals surface area contributed by atoms with Gasteiger partial charge in [0.1, 0.15) is 0 Å². The SMILES string of the molecule is CCCCc1ccc(-c2csc(NC(=O)c3cccs3)n2)cc1. The van der Waals surface area contributed by atoms with Gasteiger partial charge in [0, 0.05) is 10.9 Å². The van der Waals surface area contributed by atoms with E-state index in [1.54, 1.807) is 0 Å². The van der Waals surface area contributed by atoms with Crippen molar-refractivity contribution in [1.82, 2.24) is 4.98 Å². The lowest BCUT2D eigenvalue weighted by atomic mass is 10.1. The molecular formula is C18H18N2OS2. The molecule has 0 saturated carbocycles. The van der Waals surface area contributed by atoms with Crippen LogP contribution in [-0.2, 0) is 6.42 Å². The van der Waals surface area contributed by atoms with Crippen LogP contribution in [0, 0.1) is 0 Å². The molecule has 1 amide bonds. The van der Waals surface area contributed by atoms with Crippen LogP contribution >= 0.6 is 22.7 Å². The quantitative estimate of drug-likeness (QED) is 0.645. The third-order valence-corrected chi connectivity index (χ3v) is 5.16. The number of aromatic nitrogens is 1. The minimum atomic E-state index is -0.101. The van der Waals surface area contributed by atoms with E-state index >= 15 is 0 Å². The summed E-state index contributed by atoms with van der Waals surface area (Å²) in [5.41, 5.74) is 3.34. The molecule has 1 aromatic carbocycles. The van der Waals surface area contributed by atoms with Crippen LogP contribution in [0.15, 0.2) is 47.2 Å². The first-order valence-corrected chi connectivity index (χ1v) is 9.42. The van der Waals surface area contributed by atoms with Gasteiger partial charge in [0.25, 0.3) is 5.91 Å². The third-order valence-electron chi connectivity index (χ3n) is 3.54. The van der Waals surface area contributed by atoms with Gasteiger partial charge < -0.3 is 0 Å². The number of anilines is 1. The molecule has 0 aliphatic carbocycles. The maximum Gasteiger partial charge on any atom is 0.267 e. The maximum atomic E-state index is 12.0. The van der Waals surface area contributed by atoms with Crippen LogP contribution in [0.1, 0.15) is 35.0 Å². The fourth-order valence-electron chi connectivity index (χ4n) is 2.25. The van der Waals surface area contributed by atoms with Crippen LogP contribution in [-0.4, -0.2) is 10.9 Å². The van der Waals surface area contributed by atoms with Crippen molar-refractivity contribution in [3.63, 3.8) is 0 Å². The first-order valence-electron chi connectivity index (χ1n) is 7.66. The van der Waals surface area contributed by atoms with Gasteiger partial charge in [-0.1, -0.05) is 43.7 Å². The molecule has 3 nitrogen and oxygen atoms in total. The number of thiazole rings is 1. The van der Waals surface area contributed by atoms with Crippen molar-refractivity contribution in [1.29, 1.82) is 0 Å². The van der Waals surface area contributed by atoms with Gasteiger partial charge in [-0.25, -0.2) is 4.98 Å². The van der Waals surface area contributed by atoms with Crippen molar-refractivity contribution in [2.24, 2.45) is 0 Å². The van der Waals surface area contributed by atoms with Crippen molar-refractivity contribution in [2.45, 2.75) is 26.2 Å². The number of hydrogen-bond acceptors (Lipinski definition) is 4. The zero-order chi connectivity index (χ0) is 16.1. The Kier molecular flexibility index (Phi) is 5.20. The Bertz CT molecular complexity index is 761. The van der Waals surface area contributed by atoms with Crippen molar-refractivity contribution >= 4 is 33.7 Å². The number of nitrogens with one attached hydrogen (secondary N) is 1. The fraction of sp³-hybridized carbons (Fsp3) is 0.222. The van der Waals surface area contributed by atoms with Crippen LogP contribution in [0.4, 0.5) is 5.13 Å². The van der Waals surface area contributed by atoms with E-state index in [4.69, 9.17) is 0 Å². The Morgan fingerprint density at radius 1 is 1.17 bits per heavy atom. The molecule has 2 heterocycles. The summed E-state index contributed by atoms with van der Waals surface area (Å²) in [5.74, 6) is -0.101. The molecule has 23 heavy (non-hydrogen) atoms. The highest BCUT2D eigenvalue weighted by atomic mass is 32.1. The van der Waals surface area contributed by atoms with Crippen molar-refractivity contribution in [3.8, 4) is 11.3 Å². The molecule has 2 aromatic heterocycles. The number of hydrogen-bond donors (Lipinski definition) is 1. The number of benzene rings is 1. The highest BCUT2D eigenvalue weighted by Gasteiger charge is 2.10. The minimum absolute atomic E-state index is 0.101. The number of rotatable bonds is 6. The van der Waals surface area contributed by atoms with Crippen LogP contribution in [0.5, 0.6) is 0 Å². The van der Waals surface area contributed by atoms with Crippen molar-refractivity contribution in [3.05, 3.63) is 57.6 Å². The highest BCUT2D eigenvalue weighted by Crippen LogP contribution is 2.26. The van der Waals surface area contributed by atoms with E-state index in [-0.39, 0.29) is 5.91 Å². The Labute approximate surface area is 144 Å². The predicted octanol–water partition coefficient (Wildman–Crippen LogP) is 5.47. The van der Waals surface area contributed by atoms with Gasteiger partial charge in [-0.05, 0) is 29.9 Å². The van der Waals surface area contributed by atoms with E-state index in [9.17, 15) is 4.79 Å². The van der Waals surface area contributed by atoms with Gasteiger partial charge in [0.15, 0.2) is 5.13 Å². The molecule has 0 spiro atoms. The average Bonchev–Trinajstić information content (AvgIpc) is 3.25. The molecule has 0 aliphatic rings. The monoisotopic (exact) mass is 342 g/mol. The summed E-state index contributed by atoms with van der Waals surface area (Å²) in [7, 11) is 0. The number of amides is 1. The number of carbonyl (C=O) groups is 1. The first-order chi connectivity index (χ1) is 11.3. The Hall–Kier alpha value is -1.98. The molecular weight excluding hydrogens is 324 g/mol. The molecule has 0 saturated heterocycles. The number of nitrogens with zero attached hydrogens (tertiary/aromatic N) is 1. The van der Waals surface area contributed by atoms with E-state index < -0.39 is 0 Å². The van der Waals surface area contributed by atoms with Crippen molar-refractivity contribution in [2.75, 3.05) is 5.32 Å². The second kappa shape index (κ2) is 7.53. The van der Waals surface area contributed by atoms with E-state index in [0.717, 1.165) is 17.7 Å². The number of aryl methyl sites for hydroxylation is 1. The van der Waals surface area contributed by atoms with Gasteiger partial charge in [0.05, 0.1) is 10.6 Å². The second-order valence-corrected chi connectivity index (χ2v) is 7.08. The van der Waals surface area contributed by atoms with Gasteiger partial charge >= 0.3 is 0 Å². The Morgan fingerprint density at radius 2 is 2.00 bits per heavy atom. The summed E-state index contributed by atoms with van der Waals surface area (Å²) in [6.45, 7) is 2.20. The van der Waals surface area contributed by atoms with Crippen LogP contribution in [0.3, 0.4) is 0 Å². The Morgan fingerprint density at radius 3 is 2.70 bits per heavy atom. The predicted molar refractivity (Wildman–Crippen MR) is 98.4 cm³/mol. The van der Waals surface area contributed by atoms with Gasteiger partial charge in [-0.3, -0.25) is 10.1 Å². The summed E-state index contributed by atoms with van der Waals surface area (Å²) in [6, 6.07) is 12.2. The normalized spacial score (nSPS) is 10.7. The largest absolute Gasteiger partial charge is 0.297 e. The summed E-state index contributed by atoms with van der Waals surface area (Å²) in [4.78, 5) is 17.2. The topological polar surface area (TPSA) is 42.0 Å². The van der Waals surface area contributed by atoms with Crippen molar-refractivity contribution < 1.29 is 4.79 Å². The molecule has 3 rings (SSSR count). The van der Waals surface area contributed by atoms with Crippen LogP contribution in [0.2, 0.25) is 0 Å². The summed E-state index contributed by atoms with van der Waals surface area (Å²) in [6.07, 6.45) is 3.55. The zero-order valence-corrected chi connectivity index (χ0v) is 14.5. The number of unbranched alkanes of at least 4 members (excludes halogenated alkanes) is 1. The lowest BCUT2D eigenvalue weighted by Crippen LogP contribution is -2.09. The maximum absolute atomic E-state index is 12.0. The molecule has 0 bridgehead atoms. The molecule has 0 radical (unpaired) electrons. The minimum Gasteiger partial charge on any atom is -0.297 e. The van der Waals surface area contributed by atoms with Gasteiger partial charge in [-0.2, -0.15) is 0 Å². The molecule has 3 aromatic rings.